The summed E-state index contributed by atoms with van der Waals surface area (Å²) in [6.07, 6.45) is 4.65. The van der Waals surface area contributed by atoms with Crippen LogP contribution in [0.2, 0.25) is 0 Å². The van der Waals surface area contributed by atoms with Crippen LogP contribution in [0.15, 0.2) is 30.3 Å². The van der Waals surface area contributed by atoms with E-state index in [4.69, 9.17) is 4.74 Å². The van der Waals surface area contributed by atoms with Gasteiger partial charge in [0.05, 0.1) is 0 Å². The highest BCUT2D eigenvalue weighted by Crippen LogP contribution is 2.52. The maximum atomic E-state index is 13.2. The van der Waals surface area contributed by atoms with Gasteiger partial charge in [-0.1, -0.05) is 44.2 Å². The molecule has 1 saturated heterocycles. The summed E-state index contributed by atoms with van der Waals surface area (Å²) in [5, 5.41) is 0. The molecule has 2 atom stereocenters. The van der Waals surface area contributed by atoms with Gasteiger partial charge < -0.3 is 14.5 Å². The molecule has 2 saturated carbocycles. The third kappa shape index (κ3) is 5.14. The van der Waals surface area contributed by atoms with E-state index in [1.807, 2.05) is 20.8 Å². The number of hydrogen-bond donors (Lipinski definition) is 0. The van der Waals surface area contributed by atoms with E-state index in [0.29, 0.717) is 11.3 Å². The maximum Gasteiger partial charge on any atom is 0.410 e. The molecule has 160 valence electrons. The first-order chi connectivity index (χ1) is 13.6. The lowest BCUT2D eigenvalue weighted by Gasteiger charge is -2.33. The number of nitrogens with zero attached hydrogens (tertiary/aromatic N) is 2. The predicted molar refractivity (Wildman–Crippen MR) is 117 cm³/mol. The zero-order valence-corrected chi connectivity index (χ0v) is 18.9. The molecule has 4 rings (SSSR count). The van der Waals surface area contributed by atoms with E-state index in [-0.39, 0.29) is 17.6 Å². The van der Waals surface area contributed by atoms with Crippen molar-refractivity contribution in [2.75, 3.05) is 26.2 Å². The molecule has 3 aliphatic rings. The van der Waals surface area contributed by atoms with E-state index in [1.54, 1.807) is 0 Å². The highest BCUT2D eigenvalue weighted by molar-refractivity contribution is 5.69. The molecule has 4 heteroatoms. The molecule has 1 aliphatic heterocycles. The minimum absolute atomic E-state index is 0.131. The summed E-state index contributed by atoms with van der Waals surface area (Å²) < 4.78 is 5.84. The average Bonchev–Trinajstić information content (AvgIpc) is 3.52. The zero-order chi connectivity index (χ0) is 20.9. The molecule has 1 aromatic carbocycles. The molecular formula is C25H38N2O2. The lowest BCUT2D eigenvalue weighted by atomic mass is 9.93. The Labute approximate surface area is 176 Å². The minimum Gasteiger partial charge on any atom is -0.444 e. The first-order valence-electron chi connectivity index (χ1n) is 11.3. The second-order valence-corrected chi connectivity index (χ2v) is 11.6. The van der Waals surface area contributed by atoms with E-state index in [0.717, 1.165) is 19.5 Å². The van der Waals surface area contributed by atoms with Crippen LogP contribution in [0.25, 0.3) is 0 Å². The van der Waals surface area contributed by atoms with Gasteiger partial charge in [-0.3, -0.25) is 0 Å². The topological polar surface area (TPSA) is 32.8 Å². The molecule has 4 nitrogen and oxygen atoms in total. The molecule has 0 N–H and O–H groups in total. The van der Waals surface area contributed by atoms with E-state index in [9.17, 15) is 4.79 Å². The standard InChI is InChI=1S/C25H38N2O2/c1-23(2,3)29-22(28)27(21-15-20(21)19-9-7-6-8-10-19)18-25(11-12-25)17-26-14-13-24(4,5)16-26/h6-10,20-21H,11-18H2,1-5H3/t20?,21-/m0/s1. The van der Waals surface area contributed by atoms with Gasteiger partial charge in [-0.05, 0) is 64.0 Å². The largest absolute Gasteiger partial charge is 0.444 e. The molecule has 0 spiro atoms. The highest BCUT2D eigenvalue weighted by atomic mass is 16.6. The minimum atomic E-state index is -0.456. The maximum absolute atomic E-state index is 13.2. The van der Waals surface area contributed by atoms with Gasteiger partial charge in [-0.25, -0.2) is 4.79 Å². The number of benzene rings is 1. The van der Waals surface area contributed by atoms with Gasteiger partial charge >= 0.3 is 6.09 Å². The van der Waals surface area contributed by atoms with Gasteiger partial charge in [0.15, 0.2) is 0 Å². The first-order valence-corrected chi connectivity index (χ1v) is 11.3. The van der Waals surface area contributed by atoms with E-state index in [1.165, 1.54) is 37.9 Å². The Morgan fingerprint density at radius 1 is 1.17 bits per heavy atom. The fourth-order valence-electron chi connectivity index (χ4n) is 4.96. The third-order valence-electron chi connectivity index (χ3n) is 6.79. The molecule has 0 radical (unpaired) electrons. The monoisotopic (exact) mass is 398 g/mol. The molecule has 0 aromatic heterocycles. The van der Waals surface area contributed by atoms with Crippen LogP contribution in [0.5, 0.6) is 0 Å². The van der Waals surface area contributed by atoms with Gasteiger partial charge in [-0.15, -0.1) is 0 Å². The number of carbonyl (C=O) groups excluding carboxylic acids is 1. The second kappa shape index (κ2) is 7.30. The smallest absolute Gasteiger partial charge is 0.410 e. The summed E-state index contributed by atoms with van der Waals surface area (Å²) in [6.45, 7) is 15.0. The Hall–Kier alpha value is -1.55. The molecule has 1 amide bonds. The molecule has 2 aliphatic carbocycles. The Balaban J connectivity index is 1.45. The number of amides is 1. The average molecular weight is 399 g/mol. The normalized spacial score (nSPS) is 27.5. The van der Waals surface area contributed by atoms with Crippen molar-refractivity contribution >= 4 is 6.09 Å². The molecule has 0 bridgehead atoms. The molecule has 29 heavy (non-hydrogen) atoms. The summed E-state index contributed by atoms with van der Waals surface area (Å²) in [7, 11) is 0. The zero-order valence-electron chi connectivity index (χ0n) is 18.9. The van der Waals surface area contributed by atoms with Gasteiger partial charge in [0, 0.05) is 37.0 Å². The van der Waals surface area contributed by atoms with Gasteiger partial charge in [0.25, 0.3) is 0 Å². The molecular weight excluding hydrogens is 360 g/mol. The van der Waals surface area contributed by atoms with Crippen LogP contribution >= 0.6 is 0 Å². The van der Waals surface area contributed by atoms with Crippen molar-refractivity contribution in [1.82, 2.24) is 9.80 Å². The number of rotatable bonds is 6. The summed E-state index contributed by atoms with van der Waals surface area (Å²) in [5.41, 5.74) is 1.58. The van der Waals surface area contributed by atoms with Crippen molar-refractivity contribution in [3.8, 4) is 0 Å². The first kappa shape index (κ1) is 20.7. The predicted octanol–water partition coefficient (Wildman–Crippen LogP) is 5.29. The lowest BCUT2D eigenvalue weighted by molar-refractivity contribution is 0.0173. The Morgan fingerprint density at radius 3 is 2.41 bits per heavy atom. The quantitative estimate of drug-likeness (QED) is 0.652. The lowest BCUT2D eigenvalue weighted by Crippen LogP contribution is -2.44. The summed E-state index contributed by atoms with van der Waals surface area (Å²) in [4.78, 5) is 17.9. The Kier molecular flexibility index (Phi) is 5.21. The molecule has 1 unspecified atom stereocenters. The van der Waals surface area contributed by atoms with Crippen molar-refractivity contribution in [2.45, 2.75) is 77.9 Å². The van der Waals surface area contributed by atoms with E-state index < -0.39 is 5.60 Å². The van der Waals surface area contributed by atoms with Crippen molar-refractivity contribution in [2.24, 2.45) is 10.8 Å². The van der Waals surface area contributed by atoms with Crippen LogP contribution in [0, 0.1) is 10.8 Å². The Bertz CT molecular complexity index is 733. The van der Waals surface area contributed by atoms with Gasteiger partial charge in [-0.2, -0.15) is 0 Å². The third-order valence-corrected chi connectivity index (χ3v) is 6.79. The second-order valence-electron chi connectivity index (χ2n) is 11.6. The van der Waals surface area contributed by atoms with Crippen molar-refractivity contribution in [1.29, 1.82) is 0 Å². The number of ether oxygens (including phenoxy) is 1. The van der Waals surface area contributed by atoms with E-state index >= 15 is 0 Å². The molecule has 3 fully saturated rings. The Morgan fingerprint density at radius 2 is 1.86 bits per heavy atom. The van der Waals surface area contributed by atoms with Crippen LogP contribution in [0.4, 0.5) is 4.79 Å². The van der Waals surface area contributed by atoms with Crippen LogP contribution < -0.4 is 0 Å². The number of likely N-dealkylation sites (tertiary alicyclic amines) is 1. The number of carbonyl (C=O) groups is 1. The summed E-state index contributed by atoms with van der Waals surface area (Å²) >= 11 is 0. The van der Waals surface area contributed by atoms with Crippen molar-refractivity contribution in [3.05, 3.63) is 35.9 Å². The van der Waals surface area contributed by atoms with Gasteiger partial charge in [0.1, 0.15) is 5.60 Å². The summed E-state index contributed by atoms with van der Waals surface area (Å²) in [6, 6.07) is 10.9. The van der Waals surface area contributed by atoms with Crippen LogP contribution in [0.1, 0.15) is 71.8 Å². The van der Waals surface area contributed by atoms with Crippen LogP contribution in [-0.2, 0) is 4.74 Å². The molecule has 1 heterocycles. The SMILES string of the molecule is CC1(C)CCN(CC2(CN(C(=O)OC(C)(C)C)[C@H]3CC3c3ccccc3)CC2)C1. The highest BCUT2D eigenvalue weighted by Gasteiger charge is 2.53. The van der Waals surface area contributed by atoms with Crippen LogP contribution in [0.3, 0.4) is 0 Å². The summed E-state index contributed by atoms with van der Waals surface area (Å²) in [5.74, 6) is 0.449. The number of hydrogen-bond acceptors (Lipinski definition) is 3. The fraction of sp³-hybridized carbons (Fsp3) is 0.720. The van der Waals surface area contributed by atoms with Crippen LogP contribution in [-0.4, -0.2) is 53.7 Å². The van der Waals surface area contributed by atoms with E-state index in [2.05, 4.69) is 54.0 Å². The molecule has 1 aromatic rings. The van der Waals surface area contributed by atoms with Crippen molar-refractivity contribution < 1.29 is 9.53 Å². The van der Waals surface area contributed by atoms with Crippen molar-refractivity contribution in [3.63, 3.8) is 0 Å². The fourth-order valence-corrected chi connectivity index (χ4v) is 4.96. The van der Waals surface area contributed by atoms with Gasteiger partial charge in [0.2, 0.25) is 0 Å².